The van der Waals surface area contributed by atoms with Crippen LogP contribution in [0.25, 0.3) is 22.2 Å². The van der Waals surface area contributed by atoms with E-state index in [9.17, 15) is 27.2 Å². The van der Waals surface area contributed by atoms with Gasteiger partial charge in [0.15, 0.2) is 5.82 Å². The summed E-state index contributed by atoms with van der Waals surface area (Å²) in [6, 6.07) is 2.55. The molecule has 6 rings (SSSR count). The average Bonchev–Trinajstić information content (AvgIpc) is 3.39. The number of nitriles is 1. The second kappa shape index (κ2) is 13.0. The lowest BCUT2D eigenvalue weighted by molar-refractivity contribution is -0.137. The Hall–Kier alpha value is -4.10. The number of aromatic nitrogens is 3. The second-order valence-electron chi connectivity index (χ2n) is 13.4. The number of methoxy groups -OCH3 is 1. The molecular formula is C33H38F6N8O2. The van der Waals surface area contributed by atoms with Crippen molar-refractivity contribution in [2.75, 3.05) is 57.1 Å². The standard InChI is InChI=1S/C33H38F6N8O2/c1-5-46-9-8-20(28(35)36)32(3,14-46)15-49-31-44-27-23(29(45-31)47-12-17-6-7-18(13-47)42-17)30(48-4)43-26(25(27)34)22-19(11-40)21(41)10-16(2)24(22)33(37,38)39/h10,17-18,20,28,42H,5-9,12-15,41H2,1-4H3/t17-,18+,20-,32+/m1/s1. The molecule has 49 heavy (non-hydrogen) atoms. The van der Waals surface area contributed by atoms with Gasteiger partial charge in [0.1, 0.15) is 28.5 Å². The molecule has 0 spiro atoms. The van der Waals surface area contributed by atoms with E-state index in [1.165, 1.54) is 7.11 Å². The maximum absolute atomic E-state index is 16.9. The van der Waals surface area contributed by atoms with E-state index < -0.39 is 57.7 Å². The van der Waals surface area contributed by atoms with Gasteiger partial charge in [0.05, 0.1) is 30.5 Å². The minimum Gasteiger partial charge on any atom is -0.480 e. The van der Waals surface area contributed by atoms with E-state index >= 15 is 4.39 Å². The number of aryl methyl sites for hydroxylation is 1. The zero-order valence-corrected chi connectivity index (χ0v) is 27.6. The first-order valence-corrected chi connectivity index (χ1v) is 16.2. The number of anilines is 2. The highest BCUT2D eigenvalue weighted by atomic mass is 19.4. The zero-order chi connectivity index (χ0) is 35.4. The van der Waals surface area contributed by atoms with Gasteiger partial charge in [-0.2, -0.15) is 28.4 Å². The van der Waals surface area contributed by atoms with E-state index in [0.29, 0.717) is 32.7 Å². The van der Waals surface area contributed by atoms with Crippen molar-refractivity contribution in [3.8, 4) is 29.2 Å². The monoisotopic (exact) mass is 692 g/mol. The Bertz CT molecular complexity index is 1790. The lowest BCUT2D eigenvalue weighted by Gasteiger charge is -2.45. The third kappa shape index (κ3) is 6.27. The maximum Gasteiger partial charge on any atom is 0.417 e. The van der Waals surface area contributed by atoms with Gasteiger partial charge in [-0.05, 0) is 50.9 Å². The van der Waals surface area contributed by atoms with Crippen LogP contribution in [0, 0.1) is 35.4 Å². The zero-order valence-electron chi connectivity index (χ0n) is 27.6. The molecule has 0 saturated carbocycles. The van der Waals surface area contributed by atoms with Gasteiger partial charge in [-0.25, -0.2) is 18.2 Å². The molecule has 264 valence electrons. The third-order valence-corrected chi connectivity index (χ3v) is 10.1. The summed E-state index contributed by atoms with van der Waals surface area (Å²) in [6.45, 7) is 7.00. The molecule has 0 aliphatic carbocycles. The Kier molecular flexibility index (Phi) is 9.20. The van der Waals surface area contributed by atoms with E-state index in [1.807, 2.05) is 16.7 Å². The third-order valence-electron chi connectivity index (χ3n) is 10.1. The lowest BCUT2D eigenvalue weighted by atomic mass is 9.73. The molecule has 3 N–H and O–H groups in total. The molecule has 2 bridgehead atoms. The van der Waals surface area contributed by atoms with E-state index in [1.54, 1.807) is 13.0 Å². The Morgan fingerprint density at radius 1 is 1.16 bits per heavy atom. The van der Waals surface area contributed by atoms with Crippen molar-refractivity contribution in [2.45, 2.75) is 64.7 Å². The summed E-state index contributed by atoms with van der Waals surface area (Å²) in [6.07, 6.45) is -5.57. The van der Waals surface area contributed by atoms with Crippen molar-refractivity contribution in [1.82, 2.24) is 25.2 Å². The van der Waals surface area contributed by atoms with Crippen LogP contribution in [0.4, 0.5) is 37.8 Å². The highest BCUT2D eigenvalue weighted by molar-refractivity contribution is 5.98. The minimum absolute atomic E-state index is 0.00316. The summed E-state index contributed by atoms with van der Waals surface area (Å²) in [7, 11) is 1.23. The van der Waals surface area contributed by atoms with Crippen LogP contribution < -0.4 is 25.4 Å². The lowest BCUT2D eigenvalue weighted by Crippen LogP contribution is -2.52. The molecule has 3 fully saturated rings. The number of nitrogens with zero attached hydrogens (tertiary/aromatic N) is 6. The molecule has 0 amide bonds. The number of hydrogen-bond acceptors (Lipinski definition) is 10. The van der Waals surface area contributed by atoms with Crippen molar-refractivity contribution >= 4 is 22.4 Å². The molecule has 10 nitrogen and oxygen atoms in total. The number of ether oxygens (including phenoxy) is 2. The molecular weight excluding hydrogens is 654 g/mol. The average molecular weight is 693 g/mol. The van der Waals surface area contributed by atoms with Crippen molar-refractivity contribution in [3.63, 3.8) is 0 Å². The largest absolute Gasteiger partial charge is 0.480 e. The Balaban J connectivity index is 1.56. The number of piperidine rings is 1. The highest BCUT2D eigenvalue weighted by Crippen LogP contribution is 2.46. The van der Waals surface area contributed by atoms with Crippen LogP contribution in [-0.4, -0.2) is 84.8 Å². The summed E-state index contributed by atoms with van der Waals surface area (Å²) in [4.78, 5) is 17.1. The van der Waals surface area contributed by atoms with Crippen molar-refractivity contribution in [1.29, 1.82) is 5.26 Å². The van der Waals surface area contributed by atoms with Gasteiger partial charge in [-0.3, -0.25) is 0 Å². The highest BCUT2D eigenvalue weighted by Gasteiger charge is 2.45. The van der Waals surface area contributed by atoms with Crippen molar-refractivity contribution in [2.24, 2.45) is 11.3 Å². The molecule has 2 aromatic heterocycles. The fourth-order valence-corrected chi connectivity index (χ4v) is 7.71. The summed E-state index contributed by atoms with van der Waals surface area (Å²) >= 11 is 0. The molecule has 1 aromatic carbocycles. The number of pyridine rings is 1. The molecule has 5 heterocycles. The molecule has 3 aliphatic heterocycles. The van der Waals surface area contributed by atoms with E-state index in [-0.39, 0.29) is 59.5 Å². The fourth-order valence-electron chi connectivity index (χ4n) is 7.71. The predicted octanol–water partition coefficient (Wildman–Crippen LogP) is 5.55. The van der Waals surface area contributed by atoms with E-state index in [0.717, 1.165) is 25.8 Å². The molecule has 0 radical (unpaired) electrons. The predicted molar refractivity (Wildman–Crippen MR) is 170 cm³/mol. The van der Waals surface area contributed by atoms with E-state index in [2.05, 4.69) is 20.3 Å². The quantitative estimate of drug-likeness (QED) is 0.229. The number of nitrogen functional groups attached to an aromatic ring is 1. The first-order chi connectivity index (χ1) is 23.2. The van der Waals surface area contributed by atoms with Crippen molar-refractivity contribution in [3.05, 3.63) is 28.6 Å². The molecule has 0 unspecified atom stereocenters. The van der Waals surface area contributed by atoms with Gasteiger partial charge in [-0.15, -0.1) is 0 Å². The number of rotatable bonds is 8. The Morgan fingerprint density at radius 3 is 2.45 bits per heavy atom. The van der Waals surface area contributed by atoms with Gasteiger partial charge >= 0.3 is 12.2 Å². The topological polar surface area (TPSA) is 125 Å². The first kappa shape index (κ1) is 34.8. The number of alkyl halides is 5. The van der Waals surface area contributed by atoms with Crippen molar-refractivity contribution < 1.29 is 35.8 Å². The second-order valence-corrected chi connectivity index (χ2v) is 13.4. The van der Waals surface area contributed by atoms with Crippen LogP contribution >= 0.6 is 0 Å². The smallest absolute Gasteiger partial charge is 0.417 e. The van der Waals surface area contributed by atoms with E-state index in [4.69, 9.17) is 15.2 Å². The van der Waals surface area contributed by atoms with Crippen LogP contribution in [0.1, 0.15) is 49.8 Å². The minimum atomic E-state index is -5.01. The Morgan fingerprint density at radius 2 is 1.86 bits per heavy atom. The molecule has 4 atom stereocenters. The van der Waals surface area contributed by atoms with Gasteiger partial charge in [0.25, 0.3) is 0 Å². The number of nitrogens with one attached hydrogen (secondary N) is 1. The summed E-state index contributed by atoms with van der Waals surface area (Å²) in [5.74, 6) is -2.35. The summed E-state index contributed by atoms with van der Waals surface area (Å²) in [5.41, 5.74) is 0.308. The number of piperazine rings is 1. The molecule has 3 saturated heterocycles. The first-order valence-electron chi connectivity index (χ1n) is 16.2. The van der Waals surface area contributed by atoms with Gasteiger partial charge < -0.3 is 30.3 Å². The number of fused-ring (bicyclic) bond motifs is 3. The van der Waals surface area contributed by atoms with Gasteiger partial charge in [-0.1, -0.05) is 13.8 Å². The van der Waals surface area contributed by atoms with Crippen LogP contribution in [-0.2, 0) is 6.18 Å². The van der Waals surface area contributed by atoms with Crippen LogP contribution in [0.15, 0.2) is 6.07 Å². The normalized spacial score (nSPS) is 24.4. The van der Waals surface area contributed by atoms with Crippen LogP contribution in [0.2, 0.25) is 0 Å². The molecule has 16 heteroatoms. The maximum atomic E-state index is 16.9. The Labute approximate surface area is 279 Å². The molecule has 3 aliphatic rings. The fraction of sp³-hybridized carbons (Fsp3) is 0.576. The number of likely N-dealkylation sites (tertiary alicyclic amines) is 1. The number of hydrogen-bond donors (Lipinski definition) is 2. The molecule has 3 aromatic rings. The van der Waals surface area contributed by atoms with Gasteiger partial charge in [0, 0.05) is 48.6 Å². The van der Waals surface area contributed by atoms with Crippen LogP contribution in [0.5, 0.6) is 11.9 Å². The SMILES string of the molecule is CCN1CC[C@H](C(F)F)[C@](C)(COc2nc(N3C[C@H]4CC[C@@H](C3)N4)c3c(OC)nc(-c4c(C#N)c(N)cc(C)c4C(F)(F)F)c(F)c3n2)C1. The summed E-state index contributed by atoms with van der Waals surface area (Å²) in [5, 5.41) is 13.4. The summed E-state index contributed by atoms with van der Waals surface area (Å²) < 4.78 is 101. The number of halogens is 6. The van der Waals surface area contributed by atoms with Crippen LogP contribution in [0.3, 0.4) is 0 Å². The van der Waals surface area contributed by atoms with Gasteiger partial charge in [0.2, 0.25) is 12.3 Å². The number of nitrogens with two attached hydrogens (primary N) is 1. The number of benzene rings is 1.